The summed E-state index contributed by atoms with van der Waals surface area (Å²) in [6.45, 7) is 12.1. The highest BCUT2D eigenvalue weighted by Gasteiger charge is 2.36. The van der Waals surface area contributed by atoms with Gasteiger partial charge in [0, 0.05) is 91.4 Å². The monoisotopic (exact) mass is 674 g/mol. The van der Waals surface area contributed by atoms with Gasteiger partial charge in [0.05, 0.1) is 6.42 Å². The van der Waals surface area contributed by atoms with Crippen molar-refractivity contribution in [2.24, 2.45) is 5.73 Å². The van der Waals surface area contributed by atoms with Crippen molar-refractivity contribution in [3.05, 3.63) is 58.7 Å². The molecule has 0 radical (unpaired) electrons. The quantitative estimate of drug-likeness (QED) is 0.200. The van der Waals surface area contributed by atoms with Crippen molar-refractivity contribution in [2.45, 2.75) is 51.4 Å². The lowest BCUT2D eigenvalue weighted by atomic mass is 9.77. The molecule has 1 aliphatic rings. The fourth-order valence-corrected chi connectivity index (χ4v) is 6.58. The second-order valence-corrected chi connectivity index (χ2v) is 13.1. The van der Waals surface area contributed by atoms with Crippen LogP contribution in [0.5, 0.6) is 0 Å². The van der Waals surface area contributed by atoms with Crippen molar-refractivity contribution in [3.63, 3.8) is 0 Å². The van der Waals surface area contributed by atoms with Crippen molar-refractivity contribution in [3.8, 4) is 0 Å². The zero-order valence-electron chi connectivity index (χ0n) is 25.7. The Morgan fingerprint density at radius 2 is 1.42 bits per heavy atom. The number of benzene rings is 2. The number of hydrogen-bond acceptors (Lipinski definition) is 5. The first-order valence-electron chi connectivity index (χ1n) is 14.5. The highest BCUT2D eigenvalue weighted by atomic mass is 35.5. The molecular formula is C32H46Cl4N4O3. The van der Waals surface area contributed by atoms with E-state index >= 15 is 0 Å². The van der Waals surface area contributed by atoms with Crippen LogP contribution in [0.15, 0.2) is 36.4 Å². The van der Waals surface area contributed by atoms with Gasteiger partial charge in [-0.25, -0.2) is 0 Å². The van der Waals surface area contributed by atoms with Crippen LogP contribution < -0.4 is 20.9 Å². The lowest BCUT2D eigenvalue weighted by Crippen LogP contribution is -2.35. The molecule has 0 spiro atoms. The maximum atomic E-state index is 11.5. The van der Waals surface area contributed by atoms with Crippen molar-refractivity contribution < 1.29 is 14.7 Å². The Morgan fingerprint density at radius 3 is 1.79 bits per heavy atom. The average Bonchev–Trinajstić information content (AvgIpc) is 3.31. The van der Waals surface area contributed by atoms with Gasteiger partial charge in [-0.15, -0.1) is 46.4 Å². The second-order valence-electron chi connectivity index (χ2n) is 11.6. The van der Waals surface area contributed by atoms with Crippen molar-refractivity contribution >= 4 is 69.7 Å². The summed E-state index contributed by atoms with van der Waals surface area (Å²) in [4.78, 5) is 27.0. The first kappa shape index (κ1) is 37.3. The minimum Gasteiger partial charge on any atom is -0.481 e. The van der Waals surface area contributed by atoms with Crippen LogP contribution in [0, 0.1) is 13.8 Å². The molecule has 1 fully saturated rings. The van der Waals surface area contributed by atoms with Crippen LogP contribution >= 0.6 is 46.4 Å². The van der Waals surface area contributed by atoms with Gasteiger partial charge in [0.25, 0.3) is 0 Å². The van der Waals surface area contributed by atoms with E-state index in [0.717, 1.165) is 48.7 Å². The number of amides is 1. The number of halogens is 4. The van der Waals surface area contributed by atoms with Gasteiger partial charge in [-0.1, -0.05) is 26.0 Å². The minimum absolute atomic E-state index is 0.0107. The molecule has 2 aromatic carbocycles. The number of carbonyl (C=O) groups is 2. The van der Waals surface area contributed by atoms with E-state index in [1.807, 2.05) is 32.0 Å². The van der Waals surface area contributed by atoms with Crippen LogP contribution in [0.2, 0.25) is 0 Å². The van der Waals surface area contributed by atoms with E-state index in [-0.39, 0.29) is 24.3 Å². The molecule has 0 saturated carbocycles. The van der Waals surface area contributed by atoms with Gasteiger partial charge < -0.3 is 26.0 Å². The van der Waals surface area contributed by atoms with E-state index in [4.69, 9.17) is 57.2 Å². The Morgan fingerprint density at radius 1 is 0.930 bits per heavy atom. The van der Waals surface area contributed by atoms with Gasteiger partial charge in [-0.3, -0.25) is 9.59 Å². The van der Waals surface area contributed by atoms with Gasteiger partial charge in [-0.05, 0) is 60.4 Å². The maximum Gasteiger partial charge on any atom is 0.304 e. The highest BCUT2D eigenvalue weighted by molar-refractivity contribution is 6.19. The van der Waals surface area contributed by atoms with Crippen molar-refractivity contribution in [2.75, 3.05) is 72.6 Å². The summed E-state index contributed by atoms with van der Waals surface area (Å²) in [7, 11) is 0. The Balaban J connectivity index is 0.000000300. The van der Waals surface area contributed by atoms with Gasteiger partial charge in [-0.2, -0.15) is 0 Å². The molecule has 4 N–H and O–H groups in total. The molecule has 43 heavy (non-hydrogen) atoms. The zero-order chi connectivity index (χ0) is 32.2. The minimum atomic E-state index is -0.845. The average molecular weight is 677 g/mol. The zero-order valence-corrected chi connectivity index (χ0v) is 28.7. The van der Waals surface area contributed by atoms with E-state index in [2.05, 4.69) is 47.2 Å². The van der Waals surface area contributed by atoms with Crippen LogP contribution in [0.3, 0.4) is 0 Å². The molecule has 1 amide bonds. The number of carbonyl (C=O) groups excluding carboxylic acids is 1. The molecule has 2 unspecified atom stereocenters. The molecule has 1 saturated heterocycles. The number of hydrogen-bond donors (Lipinski definition) is 3. The molecule has 7 nitrogen and oxygen atoms in total. The van der Waals surface area contributed by atoms with E-state index in [1.54, 1.807) is 0 Å². The summed E-state index contributed by atoms with van der Waals surface area (Å²) < 4.78 is 0. The summed E-state index contributed by atoms with van der Waals surface area (Å²) in [5.74, 6) is 1.49. The van der Waals surface area contributed by atoms with E-state index < -0.39 is 11.4 Å². The smallest absolute Gasteiger partial charge is 0.304 e. The number of carboxylic acid groups (broad SMARTS) is 1. The van der Waals surface area contributed by atoms with E-state index in [1.165, 1.54) is 11.1 Å². The summed E-state index contributed by atoms with van der Waals surface area (Å²) in [6.07, 6.45) is 0.566. The van der Waals surface area contributed by atoms with Gasteiger partial charge in [0.15, 0.2) is 0 Å². The number of aliphatic carboxylic acids is 1. The number of rotatable bonds is 15. The number of carboxylic acids is 1. The lowest BCUT2D eigenvalue weighted by molar-refractivity contribution is -0.138. The molecule has 2 atom stereocenters. The number of nitrogens with two attached hydrogens (primary N) is 1. The molecule has 0 bridgehead atoms. The van der Waals surface area contributed by atoms with Gasteiger partial charge >= 0.3 is 5.97 Å². The molecular weight excluding hydrogens is 630 g/mol. The Kier molecular flexibility index (Phi) is 15.2. The third kappa shape index (κ3) is 10.3. The molecule has 1 heterocycles. The summed E-state index contributed by atoms with van der Waals surface area (Å²) in [5.41, 5.74) is 11.8. The third-order valence-electron chi connectivity index (χ3n) is 8.09. The number of anilines is 2. The van der Waals surface area contributed by atoms with Crippen LogP contribution in [-0.4, -0.2) is 79.8 Å². The predicted molar refractivity (Wildman–Crippen MR) is 183 cm³/mol. The first-order chi connectivity index (χ1) is 20.4. The number of alkyl halides is 4. The van der Waals surface area contributed by atoms with Crippen LogP contribution in [0.1, 0.15) is 48.9 Å². The first-order valence-corrected chi connectivity index (χ1v) is 16.7. The molecule has 1 aliphatic heterocycles. The van der Waals surface area contributed by atoms with Gasteiger partial charge in [0.2, 0.25) is 5.91 Å². The summed E-state index contributed by atoms with van der Waals surface area (Å²) in [6, 6.07) is 12.4. The fourth-order valence-electron chi connectivity index (χ4n) is 5.77. The van der Waals surface area contributed by atoms with Crippen LogP contribution in [-0.2, 0) is 20.4 Å². The number of aryl methyl sites for hydroxylation is 2. The van der Waals surface area contributed by atoms with Crippen LogP contribution in [0.25, 0.3) is 0 Å². The SMILES string of the molecule is Cc1cc(N(CCCl)CCCl)ccc1C(C)(CN)CC(=O)O.Cc1cc(N(CCCl)CCCl)ccc1C1(C)CNC(=O)C1. The second kappa shape index (κ2) is 17.6. The predicted octanol–water partition coefficient (Wildman–Crippen LogP) is 6.03. The highest BCUT2D eigenvalue weighted by Crippen LogP contribution is 2.35. The molecule has 3 rings (SSSR count). The third-order valence-corrected chi connectivity index (χ3v) is 8.76. The number of nitrogens with zero attached hydrogens (tertiary/aromatic N) is 2. The molecule has 2 aromatic rings. The lowest BCUT2D eigenvalue weighted by Gasteiger charge is -2.30. The van der Waals surface area contributed by atoms with Gasteiger partial charge in [0.1, 0.15) is 0 Å². The Labute approximate surface area is 277 Å². The van der Waals surface area contributed by atoms with E-state index in [0.29, 0.717) is 36.5 Å². The Bertz CT molecular complexity index is 1210. The maximum absolute atomic E-state index is 11.5. The largest absolute Gasteiger partial charge is 0.481 e. The molecule has 240 valence electrons. The van der Waals surface area contributed by atoms with Crippen molar-refractivity contribution in [1.82, 2.24) is 5.32 Å². The fraction of sp³-hybridized carbons (Fsp3) is 0.562. The summed E-state index contributed by atoms with van der Waals surface area (Å²) in [5, 5.41) is 12.1. The Hall–Kier alpha value is -1.90. The molecule has 0 aromatic heterocycles. The standard InChI is InChI=1S/C16H24Cl2N2O2.C16H22Cl2N2O/c1-12-9-13(20(7-5-17)8-6-18)3-4-14(12)16(2,11-19)10-15(21)22;1-12-9-13(20(7-5-17)8-6-18)3-4-14(12)16(2)10-15(21)19-11-16/h3-4,9H,5-8,10-11,19H2,1-2H3,(H,21,22);3-4,9H,5-8,10-11H2,1-2H3,(H,19,21). The van der Waals surface area contributed by atoms with Crippen molar-refractivity contribution in [1.29, 1.82) is 0 Å². The normalized spacial score (nSPS) is 17.5. The molecule has 11 heteroatoms. The number of nitrogens with one attached hydrogen (secondary N) is 1. The van der Waals surface area contributed by atoms with Crippen LogP contribution in [0.4, 0.5) is 11.4 Å². The topological polar surface area (TPSA) is 98.9 Å². The van der Waals surface area contributed by atoms with E-state index in [9.17, 15) is 9.59 Å². The summed E-state index contributed by atoms with van der Waals surface area (Å²) >= 11 is 23.4. The molecule has 0 aliphatic carbocycles.